The SMILES string of the molecule is NOC1CCCN(C(=O)c2ccc(Cl)cc2)C1. The highest BCUT2D eigenvalue weighted by molar-refractivity contribution is 6.30. The average molecular weight is 255 g/mol. The molecular formula is C12H15ClN2O2. The molecule has 0 aromatic heterocycles. The first-order chi connectivity index (χ1) is 8.20. The molecule has 1 amide bonds. The van der Waals surface area contributed by atoms with Gasteiger partial charge in [0.25, 0.3) is 5.91 Å². The highest BCUT2D eigenvalue weighted by atomic mass is 35.5. The van der Waals surface area contributed by atoms with Crippen molar-refractivity contribution in [3.8, 4) is 0 Å². The third-order valence-corrected chi connectivity index (χ3v) is 3.20. The molecule has 2 rings (SSSR count). The normalized spacial score (nSPS) is 20.4. The molecule has 0 radical (unpaired) electrons. The topological polar surface area (TPSA) is 55.6 Å². The molecule has 92 valence electrons. The average Bonchev–Trinajstić information content (AvgIpc) is 2.39. The Balaban J connectivity index is 2.06. The molecule has 1 saturated heterocycles. The van der Waals surface area contributed by atoms with Crippen molar-refractivity contribution < 1.29 is 9.63 Å². The van der Waals surface area contributed by atoms with Gasteiger partial charge in [0.2, 0.25) is 0 Å². The number of hydrogen-bond donors (Lipinski definition) is 1. The summed E-state index contributed by atoms with van der Waals surface area (Å²) in [5, 5.41) is 0.628. The summed E-state index contributed by atoms with van der Waals surface area (Å²) in [4.78, 5) is 18.7. The number of amides is 1. The molecule has 17 heavy (non-hydrogen) atoms. The molecule has 0 aliphatic carbocycles. The Morgan fingerprint density at radius 1 is 1.41 bits per heavy atom. The lowest BCUT2D eigenvalue weighted by atomic mass is 10.1. The zero-order valence-electron chi connectivity index (χ0n) is 9.43. The summed E-state index contributed by atoms with van der Waals surface area (Å²) >= 11 is 5.79. The molecule has 0 saturated carbocycles. The van der Waals surface area contributed by atoms with Crippen LogP contribution in [-0.2, 0) is 4.84 Å². The fraction of sp³-hybridized carbons (Fsp3) is 0.417. The molecule has 1 fully saturated rings. The van der Waals surface area contributed by atoms with Gasteiger partial charge in [-0.15, -0.1) is 0 Å². The van der Waals surface area contributed by atoms with Crippen molar-refractivity contribution in [1.29, 1.82) is 0 Å². The molecule has 1 atom stereocenters. The first kappa shape index (κ1) is 12.4. The first-order valence-electron chi connectivity index (χ1n) is 5.61. The Bertz CT molecular complexity index is 394. The number of hydrogen-bond acceptors (Lipinski definition) is 3. The highest BCUT2D eigenvalue weighted by Gasteiger charge is 2.24. The molecule has 1 aliphatic rings. The second kappa shape index (κ2) is 5.49. The van der Waals surface area contributed by atoms with Crippen LogP contribution in [-0.4, -0.2) is 30.0 Å². The quantitative estimate of drug-likeness (QED) is 0.820. The number of halogens is 1. The number of nitrogens with zero attached hydrogens (tertiary/aromatic N) is 1. The maximum absolute atomic E-state index is 12.2. The van der Waals surface area contributed by atoms with Gasteiger partial charge in [-0.05, 0) is 37.1 Å². The monoisotopic (exact) mass is 254 g/mol. The van der Waals surface area contributed by atoms with E-state index in [-0.39, 0.29) is 12.0 Å². The van der Waals surface area contributed by atoms with Crippen LogP contribution in [0.2, 0.25) is 5.02 Å². The summed E-state index contributed by atoms with van der Waals surface area (Å²) in [5.74, 6) is 5.17. The second-order valence-corrected chi connectivity index (χ2v) is 4.59. The van der Waals surface area contributed by atoms with Crippen LogP contribution in [0.3, 0.4) is 0 Å². The fourth-order valence-corrected chi connectivity index (χ4v) is 2.13. The van der Waals surface area contributed by atoms with Gasteiger partial charge in [0.15, 0.2) is 0 Å². The van der Waals surface area contributed by atoms with Gasteiger partial charge in [-0.2, -0.15) is 0 Å². The number of carbonyl (C=O) groups excluding carboxylic acids is 1. The van der Waals surface area contributed by atoms with E-state index in [0.29, 0.717) is 17.1 Å². The Morgan fingerprint density at radius 2 is 2.12 bits per heavy atom. The third kappa shape index (κ3) is 2.97. The van der Waals surface area contributed by atoms with E-state index in [9.17, 15) is 4.79 Å². The smallest absolute Gasteiger partial charge is 0.253 e. The van der Waals surface area contributed by atoms with E-state index >= 15 is 0 Å². The van der Waals surface area contributed by atoms with E-state index in [1.807, 2.05) is 0 Å². The Hall–Kier alpha value is -1.10. The third-order valence-electron chi connectivity index (χ3n) is 2.95. The van der Waals surface area contributed by atoms with Crippen molar-refractivity contribution in [2.75, 3.05) is 13.1 Å². The summed E-state index contributed by atoms with van der Waals surface area (Å²) in [6.07, 6.45) is 1.77. The summed E-state index contributed by atoms with van der Waals surface area (Å²) in [6, 6.07) is 6.90. The zero-order chi connectivity index (χ0) is 12.3. The predicted octanol–water partition coefficient (Wildman–Crippen LogP) is 1.83. The summed E-state index contributed by atoms with van der Waals surface area (Å²) in [5.41, 5.74) is 0.645. The molecule has 0 spiro atoms. The Kier molecular flexibility index (Phi) is 3.99. The van der Waals surface area contributed by atoms with Crippen LogP contribution in [0.5, 0.6) is 0 Å². The van der Waals surface area contributed by atoms with Crippen LogP contribution >= 0.6 is 11.6 Å². The zero-order valence-corrected chi connectivity index (χ0v) is 10.2. The van der Waals surface area contributed by atoms with E-state index in [4.69, 9.17) is 22.3 Å². The molecule has 5 heteroatoms. The van der Waals surface area contributed by atoms with Gasteiger partial charge in [-0.1, -0.05) is 11.6 Å². The number of benzene rings is 1. The molecule has 1 heterocycles. The number of piperidine rings is 1. The molecule has 0 bridgehead atoms. The van der Waals surface area contributed by atoms with Crippen LogP contribution < -0.4 is 5.90 Å². The van der Waals surface area contributed by atoms with Crippen molar-refractivity contribution in [3.05, 3.63) is 34.9 Å². The standard InChI is InChI=1S/C12H15ClN2O2/c13-10-5-3-9(4-6-10)12(16)15-7-1-2-11(8-15)17-14/h3-6,11H,1-2,7-8,14H2. The van der Waals surface area contributed by atoms with Crippen molar-refractivity contribution in [2.45, 2.75) is 18.9 Å². The molecule has 1 aromatic rings. The fourth-order valence-electron chi connectivity index (χ4n) is 2.01. The Morgan fingerprint density at radius 3 is 2.76 bits per heavy atom. The van der Waals surface area contributed by atoms with Gasteiger partial charge in [0.1, 0.15) is 0 Å². The van der Waals surface area contributed by atoms with Crippen molar-refractivity contribution in [1.82, 2.24) is 4.90 Å². The van der Waals surface area contributed by atoms with Gasteiger partial charge in [0, 0.05) is 23.7 Å². The first-order valence-corrected chi connectivity index (χ1v) is 5.99. The summed E-state index contributed by atoms with van der Waals surface area (Å²) in [6.45, 7) is 1.30. The van der Waals surface area contributed by atoms with Gasteiger partial charge in [-0.3, -0.25) is 9.63 Å². The number of nitrogens with two attached hydrogens (primary N) is 1. The largest absolute Gasteiger partial charge is 0.336 e. The number of likely N-dealkylation sites (tertiary alicyclic amines) is 1. The molecular weight excluding hydrogens is 240 g/mol. The Labute approximate surface area is 105 Å². The lowest BCUT2D eigenvalue weighted by molar-refractivity contribution is 0.000965. The summed E-state index contributed by atoms with van der Waals surface area (Å²) < 4.78 is 0. The van der Waals surface area contributed by atoms with Gasteiger partial charge >= 0.3 is 0 Å². The maximum atomic E-state index is 12.2. The van der Waals surface area contributed by atoms with E-state index in [1.165, 1.54) is 0 Å². The van der Waals surface area contributed by atoms with Crippen LogP contribution in [0.4, 0.5) is 0 Å². The van der Waals surface area contributed by atoms with Crippen LogP contribution in [0.25, 0.3) is 0 Å². The predicted molar refractivity (Wildman–Crippen MR) is 65.6 cm³/mol. The molecule has 1 aliphatic heterocycles. The highest BCUT2D eigenvalue weighted by Crippen LogP contribution is 2.16. The van der Waals surface area contributed by atoms with Crippen molar-refractivity contribution in [3.63, 3.8) is 0 Å². The van der Waals surface area contributed by atoms with Gasteiger partial charge in [-0.25, -0.2) is 5.90 Å². The van der Waals surface area contributed by atoms with Gasteiger partial charge < -0.3 is 4.90 Å². The van der Waals surface area contributed by atoms with Crippen LogP contribution in [0, 0.1) is 0 Å². The van der Waals surface area contributed by atoms with Crippen LogP contribution in [0.1, 0.15) is 23.2 Å². The van der Waals surface area contributed by atoms with Crippen molar-refractivity contribution >= 4 is 17.5 Å². The second-order valence-electron chi connectivity index (χ2n) is 4.16. The number of rotatable bonds is 2. The van der Waals surface area contributed by atoms with Gasteiger partial charge in [0.05, 0.1) is 6.10 Å². The lowest BCUT2D eigenvalue weighted by Crippen LogP contribution is -2.44. The molecule has 1 aromatic carbocycles. The van der Waals surface area contributed by atoms with E-state index < -0.39 is 0 Å². The van der Waals surface area contributed by atoms with Crippen molar-refractivity contribution in [2.24, 2.45) is 5.90 Å². The van der Waals surface area contributed by atoms with E-state index in [0.717, 1.165) is 19.4 Å². The minimum absolute atomic E-state index is 0.00316. The summed E-state index contributed by atoms with van der Waals surface area (Å²) in [7, 11) is 0. The molecule has 1 unspecified atom stereocenters. The molecule has 2 N–H and O–H groups in total. The lowest BCUT2D eigenvalue weighted by Gasteiger charge is -2.31. The minimum Gasteiger partial charge on any atom is -0.336 e. The van der Waals surface area contributed by atoms with Crippen LogP contribution in [0.15, 0.2) is 24.3 Å². The minimum atomic E-state index is -0.0556. The maximum Gasteiger partial charge on any atom is 0.253 e. The molecule has 4 nitrogen and oxygen atoms in total. The van der Waals surface area contributed by atoms with E-state index in [2.05, 4.69) is 0 Å². The number of carbonyl (C=O) groups is 1. The van der Waals surface area contributed by atoms with E-state index in [1.54, 1.807) is 29.2 Å².